The molecule has 0 aliphatic carbocycles. The zero-order valence-electron chi connectivity index (χ0n) is 30.2. The average Bonchev–Trinajstić information content (AvgIpc) is 3.83. The van der Waals surface area contributed by atoms with Crippen molar-refractivity contribution in [2.45, 2.75) is 0 Å². The van der Waals surface area contributed by atoms with Crippen molar-refractivity contribution in [2.24, 2.45) is 0 Å². The second-order valence-corrected chi connectivity index (χ2v) is 14.0. The highest BCUT2D eigenvalue weighted by Crippen LogP contribution is 2.45. The first kappa shape index (κ1) is 31.9. The summed E-state index contributed by atoms with van der Waals surface area (Å²) in [6.07, 6.45) is 0. The van der Waals surface area contributed by atoms with Crippen LogP contribution in [0.25, 0.3) is 106 Å². The standard InChI is InChI=1S/C51H32N4O/c1-5-15-34(16-6-1)43-32-44(54-51(53-43)37-19-9-3-10-20-37)35-27-25-33(26-28-35)38-29-30-42-41(31-38)49-46(47(52-42)36-17-7-2-8-18-36)48-50(56-49)40-23-13-14-24-45(40)55(48)39-21-11-4-12-22-39/h1-32H. The average molecular weight is 717 g/mol. The van der Waals surface area contributed by atoms with Crippen molar-refractivity contribution in [1.82, 2.24) is 19.5 Å². The molecular weight excluding hydrogens is 685 g/mol. The lowest BCUT2D eigenvalue weighted by Crippen LogP contribution is -1.96. The Hall–Kier alpha value is -7.63. The summed E-state index contributed by atoms with van der Waals surface area (Å²) in [5.74, 6) is 0.700. The van der Waals surface area contributed by atoms with Gasteiger partial charge in [0.15, 0.2) is 11.4 Å². The van der Waals surface area contributed by atoms with E-state index in [1.165, 1.54) is 0 Å². The lowest BCUT2D eigenvalue weighted by molar-refractivity contribution is 0.676. The van der Waals surface area contributed by atoms with Crippen molar-refractivity contribution in [3.05, 3.63) is 194 Å². The smallest absolute Gasteiger partial charge is 0.161 e. The van der Waals surface area contributed by atoms with Gasteiger partial charge in [-0.3, -0.25) is 0 Å². The normalized spacial score (nSPS) is 11.6. The van der Waals surface area contributed by atoms with E-state index in [4.69, 9.17) is 19.4 Å². The van der Waals surface area contributed by atoms with E-state index in [0.717, 1.165) is 100 Å². The number of pyridine rings is 1. The SMILES string of the molecule is c1ccc(-c2cc(-c3ccc(-c4ccc5nc(-c6ccccc6)c6c(oc7c8ccccc8n(-c8ccccc8)c76)c5c4)cc3)nc(-c3ccccc3)n2)cc1. The van der Waals surface area contributed by atoms with Crippen LogP contribution in [0.5, 0.6) is 0 Å². The van der Waals surface area contributed by atoms with Gasteiger partial charge in [-0.2, -0.15) is 0 Å². The first-order chi connectivity index (χ1) is 27.8. The number of benzene rings is 7. The summed E-state index contributed by atoms with van der Waals surface area (Å²) in [4.78, 5) is 15.4. The fraction of sp³-hybridized carbons (Fsp3) is 0. The van der Waals surface area contributed by atoms with Crippen molar-refractivity contribution >= 4 is 43.9 Å². The van der Waals surface area contributed by atoms with Crippen molar-refractivity contribution in [3.8, 4) is 62.0 Å². The van der Waals surface area contributed by atoms with Crippen LogP contribution in [0.3, 0.4) is 0 Å². The summed E-state index contributed by atoms with van der Waals surface area (Å²) in [7, 11) is 0. The molecule has 0 spiro atoms. The Morgan fingerprint density at radius 1 is 0.393 bits per heavy atom. The van der Waals surface area contributed by atoms with Crippen LogP contribution in [0.15, 0.2) is 199 Å². The Labute approximate surface area is 322 Å². The fourth-order valence-corrected chi connectivity index (χ4v) is 7.93. The molecule has 11 aromatic rings. The van der Waals surface area contributed by atoms with Crippen molar-refractivity contribution in [1.29, 1.82) is 0 Å². The van der Waals surface area contributed by atoms with Crippen LogP contribution in [0.2, 0.25) is 0 Å². The van der Waals surface area contributed by atoms with Crippen molar-refractivity contribution < 1.29 is 4.42 Å². The summed E-state index contributed by atoms with van der Waals surface area (Å²) in [5, 5.41) is 3.03. The molecule has 0 aliphatic heterocycles. The number of aromatic nitrogens is 4. The predicted octanol–water partition coefficient (Wildman–Crippen LogP) is 13.2. The Morgan fingerprint density at radius 2 is 0.946 bits per heavy atom. The van der Waals surface area contributed by atoms with Gasteiger partial charge in [0.05, 0.1) is 33.5 Å². The molecule has 7 aromatic carbocycles. The van der Waals surface area contributed by atoms with Gasteiger partial charge >= 0.3 is 0 Å². The summed E-state index contributed by atoms with van der Waals surface area (Å²) in [6.45, 7) is 0. The van der Waals surface area contributed by atoms with E-state index < -0.39 is 0 Å². The molecule has 0 bridgehead atoms. The van der Waals surface area contributed by atoms with Gasteiger partial charge in [-0.05, 0) is 53.6 Å². The lowest BCUT2D eigenvalue weighted by atomic mass is 9.98. The van der Waals surface area contributed by atoms with Crippen LogP contribution >= 0.6 is 0 Å². The van der Waals surface area contributed by atoms with E-state index >= 15 is 0 Å². The number of fused-ring (bicyclic) bond motifs is 7. The maximum Gasteiger partial charge on any atom is 0.161 e. The van der Waals surface area contributed by atoms with Gasteiger partial charge in [-0.1, -0.05) is 152 Å². The molecule has 11 rings (SSSR count). The monoisotopic (exact) mass is 716 g/mol. The number of hydrogen-bond donors (Lipinski definition) is 0. The van der Waals surface area contributed by atoms with Gasteiger partial charge in [-0.25, -0.2) is 15.0 Å². The topological polar surface area (TPSA) is 56.7 Å². The highest BCUT2D eigenvalue weighted by atomic mass is 16.3. The van der Waals surface area contributed by atoms with Crippen LogP contribution < -0.4 is 0 Å². The van der Waals surface area contributed by atoms with Crippen LogP contribution in [0, 0.1) is 0 Å². The second-order valence-electron chi connectivity index (χ2n) is 14.0. The van der Waals surface area contributed by atoms with Crippen LogP contribution in [0.1, 0.15) is 0 Å². The predicted molar refractivity (Wildman–Crippen MR) is 229 cm³/mol. The maximum absolute atomic E-state index is 7.03. The lowest BCUT2D eigenvalue weighted by Gasteiger charge is -2.12. The van der Waals surface area contributed by atoms with Crippen LogP contribution in [0.4, 0.5) is 0 Å². The van der Waals surface area contributed by atoms with Gasteiger partial charge in [0.1, 0.15) is 11.1 Å². The number of furan rings is 1. The molecule has 0 aliphatic rings. The summed E-state index contributed by atoms with van der Waals surface area (Å²) < 4.78 is 9.35. The zero-order valence-corrected chi connectivity index (χ0v) is 30.2. The summed E-state index contributed by atoms with van der Waals surface area (Å²) >= 11 is 0. The quantitative estimate of drug-likeness (QED) is 0.172. The van der Waals surface area contributed by atoms with Gasteiger partial charge in [0.2, 0.25) is 0 Å². The number of para-hydroxylation sites is 2. The Bertz CT molecular complexity index is 3150. The van der Waals surface area contributed by atoms with Crippen molar-refractivity contribution in [2.75, 3.05) is 0 Å². The minimum atomic E-state index is 0.700. The van der Waals surface area contributed by atoms with E-state index in [-0.39, 0.29) is 0 Å². The van der Waals surface area contributed by atoms with Gasteiger partial charge in [-0.15, -0.1) is 0 Å². The molecule has 5 nitrogen and oxygen atoms in total. The molecule has 56 heavy (non-hydrogen) atoms. The van der Waals surface area contributed by atoms with Crippen LogP contribution in [-0.4, -0.2) is 19.5 Å². The number of hydrogen-bond acceptors (Lipinski definition) is 4. The second kappa shape index (κ2) is 13.0. The molecule has 5 heteroatoms. The fourth-order valence-electron chi connectivity index (χ4n) is 7.93. The molecule has 4 heterocycles. The Kier molecular flexibility index (Phi) is 7.42. The summed E-state index contributed by atoms with van der Waals surface area (Å²) in [5.41, 5.74) is 14.7. The molecule has 0 saturated heterocycles. The van der Waals surface area contributed by atoms with Gasteiger partial charge in [0.25, 0.3) is 0 Å². The van der Waals surface area contributed by atoms with E-state index in [1.807, 2.05) is 42.5 Å². The molecular formula is C51H32N4O. The third-order valence-corrected chi connectivity index (χ3v) is 10.6. The largest absolute Gasteiger partial charge is 0.453 e. The third-order valence-electron chi connectivity index (χ3n) is 10.6. The van der Waals surface area contributed by atoms with E-state index in [1.54, 1.807) is 0 Å². The van der Waals surface area contributed by atoms with Gasteiger partial charge < -0.3 is 8.98 Å². The van der Waals surface area contributed by atoms with Crippen molar-refractivity contribution in [3.63, 3.8) is 0 Å². The van der Waals surface area contributed by atoms with E-state index in [2.05, 4.69) is 156 Å². The molecule has 0 radical (unpaired) electrons. The molecule has 4 aromatic heterocycles. The minimum absolute atomic E-state index is 0.700. The van der Waals surface area contributed by atoms with E-state index in [9.17, 15) is 0 Å². The number of nitrogens with zero attached hydrogens (tertiary/aromatic N) is 4. The molecule has 0 fully saturated rings. The van der Waals surface area contributed by atoms with E-state index in [0.29, 0.717) is 5.82 Å². The zero-order chi connectivity index (χ0) is 37.0. The Balaban J connectivity index is 1.08. The summed E-state index contributed by atoms with van der Waals surface area (Å²) in [6, 6.07) is 67.0. The third kappa shape index (κ3) is 5.29. The molecule has 0 saturated carbocycles. The minimum Gasteiger partial charge on any atom is -0.453 e. The molecule has 0 atom stereocenters. The highest BCUT2D eigenvalue weighted by Gasteiger charge is 2.25. The first-order valence-corrected chi connectivity index (χ1v) is 18.8. The molecule has 262 valence electrons. The Morgan fingerprint density at radius 3 is 1.64 bits per heavy atom. The molecule has 0 N–H and O–H groups in total. The molecule has 0 unspecified atom stereocenters. The maximum atomic E-state index is 7.03. The first-order valence-electron chi connectivity index (χ1n) is 18.8. The van der Waals surface area contributed by atoms with Gasteiger partial charge in [0, 0.05) is 38.7 Å². The number of rotatable bonds is 6. The molecule has 0 amide bonds. The highest BCUT2D eigenvalue weighted by molar-refractivity contribution is 6.24. The van der Waals surface area contributed by atoms with Crippen LogP contribution in [-0.2, 0) is 0 Å².